The molecule has 7 rings (SSSR count). The second-order valence-electron chi connectivity index (χ2n) is 13.2. The van der Waals surface area contributed by atoms with Gasteiger partial charge in [-0.15, -0.1) is 0 Å². The summed E-state index contributed by atoms with van der Waals surface area (Å²) in [5.74, 6) is -2.26. The van der Waals surface area contributed by atoms with Gasteiger partial charge in [0.2, 0.25) is 0 Å². The zero-order valence-corrected chi connectivity index (χ0v) is 33.4. The minimum atomic E-state index is -4.15. The van der Waals surface area contributed by atoms with Crippen LogP contribution in [0.4, 0.5) is 29.7 Å². The highest BCUT2D eigenvalue weighted by Crippen LogP contribution is 2.38. The number of carbonyl (C=O) groups is 4. The molecule has 14 nitrogen and oxygen atoms in total. The smallest absolute Gasteiger partial charge is 0.407 e. The highest BCUT2D eigenvalue weighted by atomic mass is 35.5. The lowest BCUT2D eigenvalue weighted by molar-refractivity contribution is 0.101. The van der Waals surface area contributed by atoms with Crippen molar-refractivity contribution in [3.63, 3.8) is 0 Å². The first-order valence-corrected chi connectivity index (χ1v) is 19.8. The standard InChI is InChI=1S/C23H21ClFN3O5S.C16H15ClFN3O3.2CH4/c1-13-3-6-15(7-4-13)34(31,32)28-12-17-16(8-10-20(17)27-23(30)33-2)21(28)22(29)26-14-5-9-19(25)18(24)11-14;1-24-16(23)21-13-5-3-9-10(13)7-19-14(9)15(22)20-8-2-4-12(18)11(17)6-8;;/h3-7,9,11-12,20H,8,10H2,1-2H3,(H,26,29)(H,27,30);2,4,6-7,13,19H,3,5H2,1H3,(H,20,22)(H,21,23);2*1H4. The number of fused-ring (bicyclic) bond motifs is 2. The third-order valence-electron chi connectivity index (χ3n) is 9.58. The van der Waals surface area contributed by atoms with E-state index in [0.717, 1.165) is 26.7 Å². The highest BCUT2D eigenvalue weighted by Gasteiger charge is 2.36. The molecule has 19 heteroatoms. The summed E-state index contributed by atoms with van der Waals surface area (Å²) in [5, 5.41) is 10.4. The van der Waals surface area contributed by atoms with E-state index in [4.69, 9.17) is 23.2 Å². The minimum absolute atomic E-state index is 0. The first-order valence-electron chi connectivity index (χ1n) is 17.6. The van der Waals surface area contributed by atoms with Crippen LogP contribution < -0.4 is 21.3 Å². The van der Waals surface area contributed by atoms with Crippen LogP contribution in [0.3, 0.4) is 0 Å². The second-order valence-corrected chi connectivity index (χ2v) is 15.9. The fraction of sp³-hybridized carbons (Fsp3) is 0.268. The molecule has 2 aliphatic carbocycles. The number of carbonyl (C=O) groups excluding carboxylic acids is 4. The van der Waals surface area contributed by atoms with Crippen LogP contribution in [0.1, 0.15) is 88.6 Å². The number of methoxy groups -OCH3 is 2. The van der Waals surface area contributed by atoms with Gasteiger partial charge in [-0.25, -0.2) is 30.8 Å². The van der Waals surface area contributed by atoms with Crippen LogP contribution in [0, 0.1) is 18.6 Å². The summed E-state index contributed by atoms with van der Waals surface area (Å²) in [6.45, 7) is 1.83. The van der Waals surface area contributed by atoms with Crippen molar-refractivity contribution in [3.8, 4) is 0 Å². The van der Waals surface area contributed by atoms with Gasteiger partial charge in [-0.1, -0.05) is 55.8 Å². The lowest BCUT2D eigenvalue weighted by Gasteiger charge is -2.14. The number of ether oxygens (including phenoxy) is 2. The van der Waals surface area contributed by atoms with Crippen molar-refractivity contribution in [1.29, 1.82) is 0 Å². The highest BCUT2D eigenvalue weighted by molar-refractivity contribution is 7.90. The van der Waals surface area contributed by atoms with Gasteiger partial charge in [0.25, 0.3) is 21.8 Å². The van der Waals surface area contributed by atoms with Crippen LogP contribution in [0.2, 0.25) is 10.0 Å². The number of anilines is 2. The van der Waals surface area contributed by atoms with Crippen LogP contribution in [-0.4, -0.2) is 55.6 Å². The maximum Gasteiger partial charge on any atom is 0.407 e. The van der Waals surface area contributed by atoms with Crippen LogP contribution in [0.25, 0.3) is 0 Å². The van der Waals surface area contributed by atoms with Crippen molar-refractivity contribution < 1.29 is 45.9 Å². The van der Waals surface area contributed by atoms with Gasteiger partial charge in [0.15, 0.2) is 0 Å². The van der Waals surface area contributed by atoms with E-state index < -0.39 is 45.8 Å². The third-order valence-corrected chi connectivity index (χ3v) is 11.8. The van der Waals surface area contributed by atoms with Gasteiger partial charge in [0.1, 0.15) is 23.0 Å². The van der Waals surface area contributed by atoms with Crippen LogP contribution in [-0.2, 0) is 32.3 Å². The summed E-state index contributed by atoms with van der Waals surface area (Å²) in [6, 6.07) is 13.1. The summed E-state index contributed by atoms with van der Waals surface area (Å²) in [4.78, 5) is 51.8. The number of benzene rings is 3. The third kappa shape index (κ3) is 9.92. The zero-order chi connectivity index (χ0) is 41.9. The normalized spacial score (nSPS) is 14.8. The lowest BCUT2D eigenvalue weighted by atomic mass is 10.1. The number of aromatic amines is 1. The monoisotopic (exact) mass is 888 g/mol. The number of alkyl carbamates (subject to hydrolysis) is 2. The van der Waals surface area contributed by atoms with Gasteiger partial charge in [0, 0.05) is 23.8 Å². The molecule has 0 bridgehead atoms. The van der Waals surface area contributed by atoms with E-state index in [-0.39, 0.29) is 53.1 Å². The number of amides is 4. The zero-order valence-electron chi connectivity index (χ0n) is 31.0. The summed E-state index contributed by atoms with van der Waals surface area (Å²) >= 11 is 11.5. The number of aromatic nitrogens is 2. The molecule has 2 aliphatic rings. The molecule has 5 N–H and O–H groups in total. The van der Waals surface area contributed by atoms with E-state index in [1.165, 1.54) is 62.9 Å². The molecule has 2 heterocycles. The Morgan fingerprint density at radius 3 is 1.77 bits per heavy atom. The predicted molar refractivity (Wildman–Crippen MR) is 224 cm³/mol. The Morgan fingerprint density at radius 2 is 1.25 bits per heavy atom. The molecule has 2 aromatic heterocycles. The fourth-order valence-corrected chi connectivity index (χ4v) is 8.48. The SMILES string of the molecule is C.C.COC(=O)NC1CCc2c1c[nH]c2C(=O)Nc1ccc(F)c(Cl)c1.COC(=O)NC1CCc2c1cn(S(=O)(=O)c1ccc(C)cc1)c2C(=O)Nc1ccc(F)c(Cl)c1. The molecule has 0 spiro atoms. The molecule has 0 saturated carbocycles. The predicted octanol–water partition coefficient (Wildman–Crippen LogP) is 9.10. The molecule has 60 heavy (non-hydrogen) atoms. The lowest BCUT2D eigenvalue weighted by Crippen LogP contribution is -2.27. The minimum Gasteiger partial charge on any atom is -0.453 e. The Bertz CT molecular complexity index is 2530. The molecule has 5 aromatic rings. The van der Waals surface area contributed by atoms with Crippen LogP contribution in [0.5, 0.6) is 0 Å². The van der Waals surface area contributed by atoms with E-state index in [9.17, 15) is 36.4 Å². The van der Waals surface area contributed by atoms with Gasteiger partial charge in [0.05, 0.1) is 41.2 Å². The fourth-order valence-electron chi connectivity index (χ4n) is 6.73. The Labute approximate surface area is 356 Å². The summed E-state index contributed by atoms with van der Waals surface area (Å²) in [7, 11) is -1.62. The van der Waals surface area contributed by atoms with Crippen LogP contribution in [0.15, 0.2) is 78.0 Å². The second kappa shape index (κ2) is 19.4. The number of hydrogen-bond acceptors (Lipinski definition) is 8. The first kappa shape index (κ1) is 46.8. The average Bonchev–Trinajstić information content (AvgIpc) is 3.98. The molecule has 2 atom stereocenters. The molecular weight excluding hydrogens is 845 g/mol. The molecule has 3 aromatic carbocycles. The van der Waals surface area contributed by atoms with Gasteiger partial charge < -0.3 is 35.7 Å². The molecule has 0 aliphatic heterocycles. The van der Waals surface area contributed by atoms with Gasteiger partial charge in [-0.05, 0) is 103 Å². The van der Waals surface area contributed by atoms with E-state index >= 15 is 0 Å². The van der Waals surface area contributed by atoms with E-state index in [2.05, 4.69) is 35.7 Å². The van der Waals surface area contributed by atoms with E-state index in [0.29, 0.717) is 48.2 Å². The van der Waals surface area contributed by atoms with Crippen molar-refractivity contribution in [2.24, 2.45) is 0 Å². The number of nitrogens with one attached hydrogen (secondary N) is 5. The Hall–Kier alpha value is -5.91. The van der Waals surface area contributed by atoms with Crippen molar-refractivity contribution in [1.82, 2.24) is 19.6 Å². The first-order chi connectivity index (χ1) is 27.6. The number of nitrogens with zero attached hydrogens (tertiary/aromatic N) is 1. The largest absolute Gasteiger partial charge is 0.453 e. The van der Waals surface area contributed by atoms with E-state index in [1.807, 2.05) is 6.92 Å². The maximum absolute atomic E-state index is 13.5. The number of hydrogen-bond donors (Lipinski definition) is 5. The average molecular weight is 890 g/mol. The molecule has 4 amide bonds. The summed E-state index contributed by atoms with van der Waals surface area (Å²) in [6.07, 6.45) is 4.04. The number of halogens is 4. The van der Waals surface area contributed by atoms with Gasteiger partial charge in [-0.3, -0.25) is 9.59 Å². The molecule has 2 unspecified atom stereocenters. The summed E-state index contributed by atoms with van der Waals surface area (Å²) in [5.41, 5.74) is 4.51. The van der Waals surface area contributed by atoms with Gasteiger partial charge in [-0.2, -0.15) is 0 Å². The Balaban J connectivity index is 0.000000270. The quantitative estimate of drug-likeness (QED) is 0.102. The number of H-pyrrole nitrogens is 1. The van der Waals surface area contributed by atoms with Crippen molar-refractivity contribution >= 4 is 68.6 Å². The molecule has 0 radical (unpaired) electrons. The Morgan fingerprint density at radius 1 is 0.750 bits per heavy atom. The van der Waals surface area contributed by atoms with Crippen LogP contribution >= 0.6 is 23.2 Å². The molecular formula is C41H44Cl2F2N6O8S. The van der Waals surface area contributed by atoms with Gasteiger partial charge >= 0.3 is 12.2 Å². The van der Waals surface area contributed by atoms with Crippen molar-refractivity contribution in [2.45, 2.75) is 64.4 Å². The topological polar surface area (TPSA) is 190 Å². The molecule has 0 saturated heterocycles. The maximum atomic E-state index is 13.5. The number of rotatable bonds is 8. The van der Waals surface area contributed by atoms with Crippen molar-refractivity contribution in [3.05, 3.63) is 134 Å². The molecule has 0 fully saturated rings. The van der Waals surface area contributed by atoms with E-state index in [1.54, 1.807) is 18.3 Å². The Kier molecular flexibility index (Phi) is 15.2. The number of aryl methyl sites for hydroxylation is 1. The molecule has 320 valence electrons. The van der Waals surface area contributed by atoms with Crippen molar-refractivity contribution in [2.75, 3.05) is 24.9 Å². The summed E-state index contributed by atoms with van der Waals surface area (Å²) < 4.78 is 63.9.